The number of carbonyl (C=O) groups excluding carboxylic acids is 1. The Hall–Kier alpha value is -1.36. The van der Waals surface area contributed by atoms with E-state index in [-0.39, 0.29) is 0 Å². The lowest BCUT2D eigenvalue weighted by atomic mass is 10.1. The molecule has 0 bridgehead atoms. The molecule has 5 heteroatoms. The summed E-state index contributed by atoms with van der Waals surface area (Å²) >= 11 is 1.23. The van der Waals surface area contributed by atoms with Gasteiger partial charge in [0.05, 0.1) is 0 Å². The normalized spacial score (nSPS) is 13.2. The van der Waals surface area contributed by atoms with Gasteiger partial charge in [-0.1, -0.05) is 6.07 Å². The Labute approximate surface area is 97.9 Å². The first kappa shape index (κ1) is 12.7. The summed E-state index contributed by atoms with van der Waals surface area (Å²) in [6.45, 7) is 5.12. The van der Waals surface area contributed by atoms with Crippen LogP contribution in [0.2, 0.25) is 0 Å². The van der Waals surface area contributed by atoms with E-state index in [0.717, 1.165) is 0 Å². The average Bonchev–Trinajstić information content (AvgIpc) is 2.52. The van der Waals surface area contributed by atoms with Crippen molar-refractivity contribution >= 4 is 23.3 Å². The number of esters is 1. The lowest BCUT2D eigenvalue weighted by Gasteiger charge is -2.21. The zero-order chi connectivity index (χ0) is 12.3. The number of carboxylic acid groups (broad SMARTS) is 1. The molecule has 1 heterocycles. The van der Waals surface area contributed by atoms with Gasteiger partial charge in [-0.25, -0.2) is 0 Å². The van der Waals surface area contributed by atoms with Gasteiger partial charge in [-0.3, -0.25) is 9.59 Å². The molecule has 4 nitrogen and oxygen atoms in total. The van der Waals surface area contributed by atoms with Gasteiger partial charge in [0.15, 0.2) is 5.92 Å². The highest BCUT2D eigenvalue weighted by Crippen LogP contribution is 2.24. The number of rotatable bonds is 3. The van der Waals surface area contributed by atoms with Gasteiger partial charge < -0.3 is 9.84 Å². The Balaban J connectivity index is 2.88. The first-order valence-electron chi connectivity index (χ1n) is 4.80. The highest BCUT2D eigenvalue weighted by molar-refractivity contribution is 7.10. The summed E-state index contributed by atoms with van der Waals surface area (Å²) in [4.78, 5) is 23.2. The van der Waals surface area contributed by atoms with Crippen LogP contribution in [0.25, 0.3) is 0 Å². The second-order valence-electron chi connectivity index (χ2n) is 4.32. The summed E-state index contributed by atoms with van der Waals surface area (Å²) in [6.07, 6.45) is 0. The van der Waals surface area contributed by atoms with Gasteiger partial charge in [0.2, 0.25) is 0 Å². The Morgan fingerprint density at radius 3 is 2.44 bits per heavy atom. The minimum Gasteiger partial charge on any atom is -0.480 e. The molecule has 0 saturated heterocycles. The highest BCUT2D eigenvalue weighted by Gasteiger charge is 2.33. The van der Waals surface area contributed by atoms with Gasteiger partial charge in [-0.15, -0.1) is 11.3 Å². The van der Waals surface area contributed by atoms with Crippen molar-refractivity contribution in [3.8, 4) is 0 Å². The SMILES string of the molecule is CC(C)(C)OC(=O)C(C(=O)O)c1cccs1. The molecule has 0 fully saturated rings. The number of hydrogen-bond donors (Lipinski definition) is 1. The summed E-state index contributed by atoms with van der Waals surface area (Å²) in [6, 6.07) is 3.33. The van der Waals surface area contributed by atoms with E-state index in [9.17, 15) is 9.59 Å². The molecule has 0 amide bonds. The van der Waals surface area contributed by atoms with Crippen LogP contribution < -0.4 is 0 Å². The predicted molar refractivity (Wildman–Crippen MR) is 60.5 cm³/mol. The monoisotopic (exact) mass is 242 g/mol. The van der Waals surface area contributed by atoms with Crippen molar-refractivity contribution in [3.05, 3.63) is 22.4 Å². The number of ether oxygens (including phenoxy) is 1. The van der Waals surface area contributed by atoms with Crippen LogP contribution in [0.1, 0.15) is 31.6 Å². The number of aliphatic carboxylic acids is 1. The fourth-order valence-electron chi connectivity index (χ4n) is 1.15. The number of thiophene rings is 1. The number of carbonyl (C=O) groups is 2. The van der Waals surface area contributed by atoms with Gasteiger partial charge >= 0.3 is 11.9 Å². The summed E-state index contributed by atoms with van der Waals surface area (Å²) in [5.74, 6) is -3.13. The van der Waals surface area contributed by atoms with Crippen molar-refractivity contribution in [2.45, 2.75) is 32.3 Å². The topological polar surface area (TPSA) is 63.6 Å². The molecule has 0 saturated carbocycles. The van der Waals surface area contributed by atoms with Crippen molar-refractivity contribution in [2.75, 3.05) is 0 Å². The maximum Gasteiger partial charge on any atom is 0.326 e. The molecule has 1 aromatic rings. The summed E-state index contributed by atoms with van der Waals surface area (Å²) in [5.41, 5.74) is -0.679. The zero-order valence-electron chi connectivity index (χ0n) is 9.39. The minimum absolute atomic E-state index is 0.488. The van der Waals surface area contributed by atoms with Gasteiger partial charge in [0, 0.05) is 4.88 Å². The maximum absolute atomic E-state index is 11.7. The average molecular weight is 242 g/mol. The molecule has 1 aromatic heterocycles. The smallest absolute Gasteiger partial charge is 0.326 e. The van der Waals surface area contributed by atoms with Crippen LogP contribution in [0.4, 0.5) is 0 Å². The van der Waals surface area contributed by atoms with Crippen LogP contribution in [-0.2, 0) is 14.3 Å². The predicted octanol–water partition coefficient (Wildman–Crippen LogP) is 2.26. The molecule has 1 atom stereocenters. The zero-order valence-corrected chi connectivity index (χ0v) is 10.2. The molecule has 0 aliphatic carbocycles. The maximum atomic E-state index is 11.7. The summed E-state index contributed by atoms with van der Waals surface area (Å²) in [5, 5.41) is 10.7. The van der Waals surface area contributed by atoms with Gasteiger partial charge in [-0.05, 0) is 32.2 Å². The summed E-state index contributed by atoms with van der Waals surface area (Å²) in [7, 11) is 0. The van der Waals surface area contributed by atoms with E-state index in [1.165, 1.54) is 11.3 Å². The Morgan fingerprint density at radius 1 is 1.44 bits per heavy atom. The van der Waals surface area contributed by atoms with Crippen molar-refractivity contribution in [2.24, 2.45) is 0 Å². The molecule has 1 rings (SSSR count). The first-order chi connectivity index (χ1) is 7.31. The van der Waals surface area contributed by atoms with Crippen molar-refractivity contribution < 1.29 is 19.4 Å². The Morgan fingerprint density at radius 2 is 2.06 bits per heavy atom. The standard InChI is InChI=1S/C11H14O4S/c1-11(2,3)15-10(14)8(9(12)13)7-5-4-6-16-7/h4-6,8H,1-3H3,(H,12,13). The van der Waals surface area contributed by atoms with Crippen molar-refractivity contribution in [3.63, 3.8) is 0 Å². The van der Waals surface area contributed by atoms with Crippen LogP contribution in [0.5, 0.6) is 0 Å². The van der Waals surface area contributed by atoms with Crippen LogP contribution in [0.3, 0.4) is 0 Å². The number of hydrogen-bond acceptors (Lipinski definition) is 4. The molecule has 1 unspecified atom stereocenters. The van der Waals surface area contributed by atoms with Crippen LogP contribution in [0, 0.1) is 0 Å². The third-order valence-electron chi connectivity index (χ3n) is 1.72. The summed E-state index contributed by atoms with van der Waals surface area (Å²) < 4.78 is 5.07. The van der Waals surface area contributed by atoms with Crippen LogP contribution in [0.15, 0.2) is 17.5 Å². The number of carboxylic acids is 1. The van der Waals surface area contributed by atoms with Crippen LogP contribution >= 0.6 is 11.3 Å². The molecule has 0 spiro atoms. The molecule has 0 radical (unpaired) electrons. The lowest BCUT2D eigenvalue weighted by Crippen LogP contribution is -2.30. The molecule has 0 aromatic carbocycles. The quantitative estimate of drug-likeness (QED) is 0.652. The first-order valence-corrected chi connectivity index (χ1v) is 5.68. The van der Waals surface area contributed by atoms with Gasteiger partial charge in [0.25, 0.3) is 0 Å². The third kappa shape index (κ3) is 3.34. The minimum atomic E-state index is -1.22. The highest BCUT2D eigenvalue weighted by atomic mass is 32.1. The Bertz CT molecular complexity index is 375. The molecular weight excluding hydrogens is 228 g/mol. The largest absolute Gasteiger partial charge is 0.480 e. The van der Waals surface area contributed by atoms with Crippen LogP contribution in [-0.4, -0.2) is 22.6 Å². The van der Waals surface area contributed by atoms with E-state index in [2.05, 4.69) is 0 Å². The second kappa shape index (κ2) is 4.65. The van der Waals surface area contributed by atoms with Gasteiger partial charge in [0.1, 0.15) is 5.60 Å². The molecule has 16 heavy (non-hydrogen) atoms. The van der Waals surface area contributed by atoms with E-state index in [0.29, 0.717) is 4.88 Å². The molecule has 88 valence electrons. The Kier molecular flexibility index (Phi) is 3.70. The lowest BCUT2D eigenvalue weighted by molar-refractivity contribution is -0.162. The van der Waals surface area contributed by atoms with E-state index in [1.807, 2.05) is 0 Å². The third-order valence-corrected chi connectivity index (χ3v) is 2.65. The van der Waals surface area contributed by atoms with E-state index < -0.39 is 23.5 Å². The molecule has 0 aliphatic heterocycles. The fourth-order valence-corrected chi connectivity index (χ4v) is 1.96. The van der Waals surface area contributed by atoms with Crippen molar-refractivity contribution in [1.29, 1.82) is 0 Å². The van der Waals surface area contributed by atoms with E-state index >= 15 is 0 Å². The second-order valence-corrected chi connectivity index (χ2v) is 5.30. The molecule has 1 N–H and O–H groups in total. The van der Waals surface area contributed by atoms with E-state index in [4.69, 9.17) is 9.84 Å². The van der Waals surface area contributed by atoms with Crippen molar-refractivity contribution in [1.82, 2.24) is 0 Å². The van der Waals surface area contributed by atoms with E-state index in [1.54, 1.807) is 38.3 Å². The fraction of sp³-hybridized carbons (Fsp3) is 0.455. The molecular formula is C11H14O4S. The molecule has 0 aliphatic rings. The van der Waals surface area contributed by atoms with Gasteiger partial charge in [-0.2, -0.15) is 0 Å².